The Labute approximate surface area is 96.0 Å². The summed E-state index contributed by atoms with van der Waals surface area (Å²) >= 11 is 0. The lowest BCUT2D eigenvalue weighted by atomic mass is 9.98. The Hall–Kier alpha value is -1.06. The highest BCUT2D eigenvalue weighted by Gasteiger charge is 2.60. The smallest absolute Gasteiger partial charge is 0.310 e. The summed E-state index contributed by atoms with van der Waals surface area (Å²) in [5.74, 6) is -1.16. The van der Waals surface area contributed by atoms with Crippen molar-refractivity contribution in [2.24, 2.45) is 11.3 Å². The molecule has 4 heteroatoms. The maximum absolute atomic E-state index is 11.6. The quantitative estimate of drug-likeness (QED) is 0.749. The molecule has 2 atom stereocenters. The minimum Gasteiger partial charge on any atom is -0.481 e. The summed E-state index contributed by atoms with van der Waals surface area (Å²) < 4.78 is 5.15. The topological polar surface area (TPSA) is 63.6 Å². The first-order valence-corrected chi connectivity index (χ1v) is 5.66. The molecule has 1 N–H and O–H groups in total. The first-order valence-electron chi connectivity index (χ1n) is 5.66. The predicted octanol–water partition coefficient (Wildman–Crippen LogP) is 2.22. The van der Waals surface area contributed by atoms with Gasteiger partial charge in [-0.25, -0.2) is 0 Å². The van der Waals surface area contributed by atoms with Crippen LogP contribution in [0.5, 0.6) is 0 Å². The molecule has 0 aliphatic heterocycles. The molecule has 0 radical (unpaired) electrons. The fourth-order valence-corrected chi connectivity index (χ4v) is 2.11. The molecule has 4 nitrogen and oxygen atoms in total. The Kier molecular flexibility index (Phi) is 3.31. The molecule has 0 heterocycles. The monoisotopic (exact) mass is 228 g/mol. The lowest BCUT2D eigenvalue weighted by Gasteiger charge is -2.21. The first kappa shape index (κ1) is 13.0. The van der Waals surface area contributed by atoms with Crippen LogP contribution in [0.4, 0.5) is 0 Å². The largest absolute Gasteiger partial charge is 0.481 e. The molecule has 0 saturated heterocycles. The molecule has 0 amide bonds. The van der Waals surface area contributed by atoms with Crippen molar-refractivity contribution in [3.8, 4) is 0 Å². The maximum Gasteiger partial charge on any atom is 0.310 e. The van der Waals surface area contributed by atoms with Crippen LogP contribution in [0.25, 0.3) is 0 Å². The molecule has 92 valence electrons. The van der Waals surface area contributed by atoms with Crippen molar-refractivity contribution in [3.63, 3.8) is 0 Å². The lowest BCUT2D eigenvalue weighted by molar-refractivity contribution is -0.161. The van der Waals surface area contributed by atoms with Gasteiger partial charge >= 0.3 is 11.9 Å². The van der Waals surface area contributed by atoms with Gasteiger partial charge in [0.05, 0.1) is 11.8 Å². The number of hydrogen-bond acceptors (Lipinski definition) is 3. The Morgan fingerprint density at radius 3 is 2.31 bits per heavy atom. The minimum atomic E-state index is -0.870. The molecule has 2 unspecified atom stereocenters. The first-order chi connectivity index (χ1) is 7.21. The lowest BCUT2D eigenvalue weighted by Crippen LogP contribution is -2.28. The van der Waals surface area contributed by atoms with Crippen LogP contribution in [0.2, 0.25) is 0 Å². The van der Waals surface area contributed by atoms with Gasteiger partial charge in [-0.2, -0.15) is 0 Å². The average molecular weight is 228 g/mol. The van der Waals surface area contributed by atoms with E-state index in [0.29, 0.717) is 6.42 Å². The highest BCUT2D eigenvalue weighted by molar-refractivity contribution is 5.85. The zero-order valence-electron chi connectivity index (χ0n) is 10.4. The van der Waals surface area contributed by atoms with Crippen LogP contribution in [0.3, 0.4) is 0 Å². The van der Waals surface area contributed by atoms with E-state index in [-0.39, 0.29) is 12.3 Å². The molecular formula is C12H20O4. The molecule has 1 aliphatic carbocycles. The van der Waals surface area contributed by atoms with Crippen LogP contribution in [-0.4, -0.2) is 22.6 Å². The summed E-state index contributed by atoms with van der Waals surface area (Å²) in [6.07, 6.45) is 1.39. The van der Waals surface area contributed by atoms with E-state index < -0.39 is 23.0 Å². The number of carboxylic acids is 1. The van der Waals surface area contributed by atoms with Crippen molar-refractivity contribution < 1.29 is 19.4 Å². The maximum atomic E-state index is 11.6. The average Bonchev–Trinajstić information content (AvgIpc) is 2.76. The van der Waals surface area contributed by atoms with Crippen molar-refractivity contribution >= 4 is 11.9 Å². The number of carbonyl (C=O) groups excluding carboxylic acids is 1. The van der Waals surface area contributed by atoms with Crippen molar-refractivity contribution in [1.29, 1.82) is 0 Å². The Morgan fingerprint density at radius 1 is 1.44 bits per heavy atom. The molecule has 0 bridgehead atoms. The summed E-state index contributed by atoms with van der Waals surface area (Å²) in [4.78, 5) is 22.7. The van der Waals surface area contributed by atoms with Crippen molar-refractivity contribution in [2.75, 3.05) is 0 Å². The van der Waals surface area contributed by atoms with Crippen molar-refractivity contribution in [2.45, 2.75) is 52.6 Å². The van der Waals surface area contributed by atoms with E-state index in [2.05, 4.69) is 0 Å². The van der Waals surface area contributed by atoms with Crippen molar-refractivity contribution in [3.05, 3.63) is 0 Å². The fourth-order valence-electron chi connectivity index (χ4n) is 2.11. The predicted molar refractivity (Wildman–Crippen MR) is 58.9 cm³/mol. The van der Waals surface area contributed by atoms with E-state index in [1.165, 1.54) is 0 Å². The van der Waals surface area contributed by atoms with Crippen LogP contribution in [0.1, 0.15) is 47.0 Å². The Morgan fingerprint density at radius 2 is 2.00 bits per heavy atom. The number of rotatable bonds is 4. The number of esters is 1. The summed E-state index contributed by atoms with van der Waals surface area (Å²) in [6, 6.07) is 0. The second kappa shape index (κ2) is 4.07. The second-order valence-electron chi connectivity index (χ2n) is 5.53. The van der Waals surface area contributed by atoms with Gasteiger partial charge in [-0.15, -0.1) is 0 Å². The number of carbonyl (C=O) groups is 2. The molecule has 0 aromatic carbocycles. The van der Waals surface area contributed by atoms with Gasteiger partial charge in [-0.3, -0.25) is 9.59 Å². The third kappa shape index (κ3) is 2.74. The van der Waals surface area contributed by atoms with Gasteiger partial charge in [-0.05, 0) is 33.1 Å². The van der Waals surface area contributed by atoms with E-state index in [1.807, 2.05) is 6.92 Å². The van der Waals surface area contributed by atoms with Gasteiger partial charge < -0.3 is 9.84 Å². The minimum absolute atomic E-state index is 0.00188. The third-order valence-corrected chi connectivity index (χ3v) is 3.03. The molecule has 1 rings (SSSR count). The summed E-state index contributed by atoms with van der Waals surface area (Å²) in [5, 5.41) is 9.14. The molecule has 0 aromatic rings. The molecule has 0 spiro atoms. The summed E-state index contributed by atoms with van der Waals surface area (Å²) in [7, 11) is 0. The zero-order chi connectivity index (χ0) is 12.6. The summed E-state index contributed by atoms with van der Waals surface area (Å²) in [6.45, 7) is 7.29. The van der Waals surface area contributed by atoms with Gasteiger partial charge in [-0.1, -0.05) is 13.3 Å². The van der Waals surface area contributed by atoms with Gasteiger partial charge in [0.25, 0.3) is 0 Å². The molecular weight excluding hydrogens is 208 g/mol. The van der Waals surface area contributed by atoms with E-state index in [4.69, 9.17) is 9.84 Å². The number of hydrogen-bond donors (Lipinski definition) is 1. The molecule has 1 saturated carbocycles. The van der Waals surface area contributed by atoms with Gasteiger partial charge in [0.15, 0.2) is 0 Å². The SMILES string of the molecule is CCC1CC1(CC(=O)OC(C)(C)C)C(=O)O. The van der Waals surface area contributed by atoms with E-state index in [0.717, 1.165) is 6.42 Å². The molecule has 1 fully saturated rings. The second-order valence-corrected chi connectivity index (χ2v) is 5.53. The number of carboxylic acid groups (broad SMARTS) is 1. The van der Waals surface area contributed by atoms with Crippen LogP contribution in [0, 0.1) is 11.3 Å². The standard InChI is InChI=1S/C12H20O4/c1-5-8-6-12(8,10(14)15)7-9(13)16-11(2,3)4/h8H,5-7H2,1-4H3,(H,14,15). The van der Waals surface area contributed by atoms with Crippen LogP contribution in [-0.2, 0) is 14.3 Å². The van der Waals surface area contributed by atoms with Crippen LogP contribution < -0.4 is 0 Å². The molecule has 1 aliphatic rings. The molecule has 0 aromatic heterocycles. The van der Waals surface area contributed by atoms with E-state index >= 15 is 0 Å². The van der Waals surface area contributed by atoms with E-state index in [9.17, 15) is 9.59 Å². The van der Waals surface area contributed by atoms with Crippen LogP contribution >= 0.6 is 0 Å². The van der Waals surface area contributed by atoms with Crippen LogP contribution in [0.15, 0.2) is 0 Å². The highest BCUT2D eigenvalue weighted by atomic mass is 16.6. The molecule has 16 heavy (non-hydrogen) atoms. The van der Waals surface area contributed by atoms with Gasteiger partial charge in [0.1, 0.15) is 5.60 Å². The fraction of sp³-hybridized carbons (Fsp3) is 0.833. The van der Waals surface area contributed by atoms with Gasteiger partial charge in [0.2, 0.25) is 0 Å². The Bertz CT molecular complexity index is 303. The normalized spacial score (nSPS) is 28.6. The number of ether oxygens (including phenoxy) is 1. The number of aliphatic carboxylic acids is 1. The highest BCUT2D eigenvalue weighted by Crippen LogP contribution is 2.57. The third-order valence-electron chi connectivity index (χ3n) is 3.03. The van der Waals surface area contributed by atoms with Gasteiger partial charge in [0, 0.05) is 0 Å². The Balaban J connectivity index is 2.59. The van der Waals surface area contributed by atoms with Crippen molar-refractivity contribution in [1.82, 2.24) is 0 Å². The zero-order valence-corrected chi connectivity index (χ0v) is 10.4. The van der Waals surface area contributed by atoms with E-state index in [1.54, 1.807) is 20.8 Å². The summed E-state index contributed by atoms with van der Waals surface area (Å²) in [5.41, 5.74) is -1.40.